The van der Waals surface area contributed by atoms with E-state index in [0.29, 0.717) is 0 Å². The zero-order chi connectivity index (χ0) is 10.6. The second-order valence-corrected chi connectivity index (χ2v) is 3.90. The average molecular weight is 193 g/mol. The summed E-state index contributed by atoms with van der Waals surface area (Å²) in [4.78, 5) is 0. The molecule has 0 N–H and O–H groups in total. The fourth-order valence-corrected chi connectivity index (χ4v) is 1.67. The van der Waals surface area contributed by atoms with Crippen LogP contribution in [0.2, 0.25) is 0 Å². The van der Waals surface area contributed by atoms with Crippen molar-refractivity contribution < 1.29 is 0 Å². The van der Waals surface area contributed by atoms with E-state index in [0.717, 1.165) is 12.8 Å². The Morgan fingerprint density at radius 3 is 2.00 bits per heavy atom. The van der Waals surface area contributed by atoms with Gasteiger partial charge in [0.25, 0.3) is 0 Å². The Labute approximate surface area is 90.1 Å². The summed E-state index contributed by atoms with van der Waals surface area (Å²) >= 11 is 0. The zero-order valence-electron chi connectivity index (χ0n) is 9.73. The van der Waals surface area contributed by atoms with Crippen LogP contribution in [0, 0.1) is 5.92 Å². The van der Waals surface area contributed by atoms with E-state index in [1.54, 1.807) is 5.92 Å². The Morgan fingerprint density at radius 1 is 0.929 bits per heavy atom. The van der Waals surface area contributed by atoms with Crippen molar-refractivity contribution in [3.05, 3.63) is 31.2 Å². The lowest BCUT2D eigenvalue weighted by molar-refractivity contribution is 0.599. The normalized spacial score (nSPS) is 10.4. The number of hydrogen-bond donors (Lipinski definition) is 0. The molecule has 0 aliphatic heterocycles. The maximum Gasteiger partial charge on any atom is -0.0166 e. The summed E-state index contributed by atoms with van der Waals surface area (Å²) in [5.74, 6) is 1.59. The van der Waals surface area contributed by atoms with Crippen molar-refractivity contribution in [2.45, 2.75) is 58.3 Å². The lowest BCUT2D eigenvalue weighted by Crippen LogP contribution is -1.94. The molecule has 0 nitrogen and oxygen atoms in total. The number of rotatable bonds is 10. The van der Waals surface area contributed by atoms with E-state index in [2.05, 4.69) is 20.1 Å². The molecule has 14 heavy (non-hydrogen) atoms. The molecule has 0 saturated carbocycles. The van der Waals surface area contributed by atoms with Gasteiger partial charge in [0, 0.05) is 0 Å². The third-order valence-corrected chi connectivity index (χ3v) is 2.50. The molecular weight excluding hydrogens is 168 g/mol. The van der Waals surface area contributed by atoms with Gasteiger partial charge in [0.15, 0.2) is 0 Å². The molecule has 0 heteroatoms. The Kier molecular flexibility index (Phi) is 10.2. The molecule has 0 heterocycles. The van der Waals surface area contributed by atoms with Crippen LogP contribution in [0.1, 0.15) is 58.3 Å². The monoisotopic (exact) mass is 193 g/mol. The summed E-state index contributed by atoms with van der Waals surface area (Å²) in [6.45, 7) is 9.83. The van der Waals surface area contributed by atoms with Crippen LogP contribution in [0.3, 0.4) is 0 Å². The predicted octanol–water partition coefficient (Wildman–Crippen LogP) is 5.07. The highest BCUT2D eigenvalue weighted by Crippen LogP contribution is 2.21. The Bertz CT molecular complexity index is 125. The van der Waals surface area contributed by atoms with Crippen molar-refractivity contribution in [3.8, 4) is 0 Å². The minimum Gasteiger partial charge on any atom is -0.103 e. The van der Waals surface area contributed by atoms with Crippen molar-refractivity contribution >= 4 is 0 Å². The molecule has 0 aliphatic rings. The van der Waals surface area contributed by atoms with Gasteiger partial charge in [0.05, 0.1) is 0 Å². The predicted molar refractivity (Wildman–Crippen MR) is 66.2 cm³/mol. The van der Waals surface area contributed by atoms with Gasteiger partial charge < -0.3 is 0 Å². The number of unbranched alkanes of at least 4 members (excludes halogenated alkanes) is 4. The van der Waals surface area contributed by atoms with E-state index in [4.69, 9.17) is 0 Å². The van der Waals surface area contributed by atoms with Gasteiger partial charge in [-0.1, -0.05) is 51.2 Å². The van der Waals surface area contributed by atoms with Crippen LogP contribution in [-0.2, 0) is 0 Å². The number of hydrogen-bond acceptors (Lipinski definition) is 0. The van der Waals surface area contributed by atoms with E-state index in [1.165, 1.54) is 38.5 Å². The first-order valence-corrected chi connectivity index (χ1v) is 5.90. The largest absolute Gasteiger partial charge is 0.103 e. The minimum atomic E-state index is 1.07. The summed E-state index contributed by atoms with van der Waals surface area (Å²) in [6, 6.07) is 0. The third-order valence-electron chi connectivity index (χ3n) is 2.50. The van der Waals surface area contributed by atoms with Gasteiger partial charge in [-0.25, -0.2) is 0 Å². The van der Waals surface area contributed by atoms with Crippen LogP contribution in [0.25, 0.3) is 0 Å². The zero-order valence-corrected chi connectivity index (χ0v) is 9.73. The molecule has 81 valence electrons. The summed E-state index contributed by atoms with van der Waals surface area (Å²) in [5.41, 5.74) is 0. The fraction of sp³-hybridized carbons (Fsp3) is 0.643. The van der Waals surface area contributed by atoms with Crippen LogP contribution in [0.5, 0.6) is 0 Å². The van der Waals surface area contributed by atoms with Crippen molar-refractivity contribution in [2.24, 2.45) is 0 Å². The topological polar surface area (TPSA) is 0 Å². The molecular formula is C14H25. The van der Waals surface area contributed by atoms with Crippen molar-refractivity contribution in [3.63, 3.8) is 0 Å². The van der Waals surface area contributed by atoms with Gasteiger partial charge in [-0.05, 0) is 25.2 Å². The highest BCUT2D eigenvalue weighted by molar-refractivity contribution is 5.00. The summed E-state index contributed by atoms with van der Waals surface area (Å²) in [5, 5.41) is 0. The maximum atomic E-state index is 3.79. The second-order valence-electron chi connectivity index (χ2n) is 3.90. The molecule has 0 saturated heterocycles. The fourth-order valence-electron chi connectivity index (χ4n) is 1.67. The smallest absolute Gasteiger partial charge is 0.0166 e. The van der Waals surface area contributed by atoms with Crippen LogP contribution in [0.4, 0.5) is 0 Å². The Morgan fingerprint density at radius 2 is 1.50 bits per heavy atom. The molecule has 1 radical (unpaired) electrons. The summed E-state index contributed by atoms with van der Waals surface area (Å²) in [6.07, 6.45) is 14.2. The molecule has 0 aliphatic carbocycles. The molecule has 0 fully saturated rings. The molecule has 0 aromatic heterocycles. The number of allylic oxidation sites excluding steroid dienone is 2. The molecule has 0 amide bonds. The van der Waals surface area contributed by atoms with E-state index < -0.39 is 0 Å². The van der Waals surface area contributed by atoms with Crippen molar-refractivity contribution in [2.75, 3.05) is 0 Å². The van der Waals surface area contributed by atoms with Gasteiger partial charge in [-0.3, -0.25) is 0 Å². The Hall–Kier alpha value is -0.520. The van der Waals surface area contributed by atoms with E-state index in [9.17, 15) is 0 Å². The van der Waals surface area contributed by atoms with Gasteiger partial charge >= 0.3 is 0 Å². The van der Waals surface area contributed by atoms with Gasteiger partial charge in [0.2, 0.25) is 0 Å². The molecule has 0 aromatic rings. The Balaban J connectivity index is 3.39. The average Bonchev–Trinajstić information content (AvgIpc) is 2.18. The summed E-state index contributed by atoms with van der Waals surface area (Å²) < 4.78 is 0. The van der Waals surface area contributed by atoms with Gasteiger partial charge in [-0.2, -0.15) is 0 Å². The van der Waals surface area contributed by atoms with Crippen LogP contribution in [0.15, 0.2) is 25.3 Å². The van der Waals surface area contributed by atoms with Crippen LogP contribution < -0.4 is 0 Å². The lowest BCUT2D eigenvalue weighted by atomic mass is 9.94. The SMILES string of the molecule is C=CC[C](CC=C)CCCCCCC. The van der Waals surface area contributed by atoms with Gasteiger partial charge in [-0.15, -0.1) is 13.2 Å². The quantitative estimate of drug-likeness (QED) is 0.335. The minimum absolute atomic E-state index is 1.07. The van der Waals surface area contributed by atoms with Crippen LogP contribution >= 0.6 is 0 Å². The van der Waals surface area contributed by atoms with Crippen LogP contribution in [-0.4, -0.2) is 0 Å². The van der Waals surface area contributed by atoms with Gasteiger partial charge in [0.1, 0.15) is 0 Å². The van der Waals surface area contributed by atoms with Crippen molar-refractivity contribution in [1.29, 1.82) is 0 Å². The maximum absolute atomic E-state index is 3.79. The molecule has 0 unspecified atom stereocenters. The first-order chi connectivity index (χ1) is 6.85. The molecule has 0 bridgehead atoms. The standard InChI is InChI=1S/C14H25/c1-4-7-8-9-10-13-14(11-5-2)12-6-3/h5-6H,2-4,7-13H2,1H3. The molecule has 0 aromatic carbocycles. The third kappa shape index (κ3) is 8.10. The van der Waals surface area contributed by atoms with E-state index in [1.807, 2.05) is 12.2 Å². The van der Waals surface area contributed by atoms with E-state index in [-0.39, 0.29) is 0 Å². The van der Waals surface area contributed by atoms with Crippen molar-refractivity contribution in [1.82, 2.24) is 0 Å². The molecule has 0 rings (SSSR count). The van der Waals surface area contributed by atoms with E-state index >= 15 is 0 Å². The second kappa shape index (κ2) is 10.6. The first-order valence-electron chi connectivity index (χ1n) is 5.90. The highest BCUT2D eigenvalue weighted by Gasteiger charge is 2.04. The first kappa shape index (κ1) is 13.5. The summed E-state index contributed by atoms with van der Waals surface area (Å²) in [7, 11) is 0. The molecule has 0 spiro atoms. The molecule has 0 atom stereocenters. The lowest BCUT2D eigenvalue weighted by Gasteiger charge is -2.11. The highest BCUT2D eigenvalue weighted by atomic mass is 14.1.